The molecular formula is C60H103NO13. The van der Waals surface area contributed by atoms with E-state index in [-0.39, 0.29) is 18.9 Å². The van der Waals surface area contributed by atoms with Crippen LogP contribution in [-0.2, 0) is 23.7 Å². The van der Waals surface area contributed by atoms with E-state index in [4.69, 9.17) is 18.9 Å². The van der Waals surface area contributed by atoms with E-state index in [1.807, 2.05) is 18.2 Å². The fourth-order valence-corrected chi connectivity index (χ4v) is 8.96. The van der Waals surface area contributed by atoms with Crippen LogP contribution in [0.5, 0.6) is 0 Å². The maximum Gasteiger partial charge on any atom is 0.224 e. The van der Waals surface area contributed by atoms with Gasteiger partial charge in [-0.15, -0.1) is 0 Å². The van der Waals surface area contributed by atoms with E-state index in [0.29, 0.717) is 12.8 Å². The number of rotatable bonds is 44. The number of unbranched alkanes of at least 4 members (excludes halogenated alkanes) is 20. The van der Waals surface area contributed by atoms with Gasteiger partial charge in [0.15, 0.2) is 12.6 Å². The van der Waals surface area contributed by atoms with Crippen molar-refractivity contribution in [3.63, 3.8) is 0 Å². The third kappa shape index (κ3) is 30.8. The predicted molar refractivity (Wildman–Crippen MR) is 295 cm³/mol. The molecule has 2 rings (SSSR count). The van der Waals surface area contributed by atoms with E-state index < -0.39 is 86.8 Å². The smallest absolute Gasteiger partial charge is 0.224 e. The van der Waals surface area contributed by atoms with Crippen molar-refractivity contribution in [1.29, 1.82) is 0 Å². The van der Waals surface area contributed by atoms with Gasteiger partial charge in [-0.05, 0) is 57.8 Å². The van der Waals surface area contributed by atoms with Crippen LogP contribution in [0.1, 0.15) is 194 Å². The molecule has 426 valence electrons. The van der Waals surface area contributed by atoms with Gasteiger partial charge in [-0.1, -0.05) is 214 Å². The Balaban J connectivity index is 1.81. The molecule has 0 saturated carbocycles. The summed E-state index contributed by atoms with van der Waals surface area (Å²) in [6, 6.07) is -0.991. The van der Waals surface area contributed by atoms with Gasteiger partial charge in [-0.3, -0.25) is 4.79 Å². The van der Waals surface area contributed by atoms with Gasteiger partial charge in [-0.25, -0.2) is 0 Å². The lowest BCUT2D eigenvalue weighted by Gasteiger charge is -2.46. The highest BCUT2D eigenvalue weighted by atomic mass is 16.7. The maximum absolute atomic E-state index is 13.1. The highest BCUT2D eigenvalue weighted by molar-refractivity contribution is 5.77. The summed E-state index contributed by atoms with van der Waals surface area (Å²) in [5.74, 6) is -0.378. The number of hydrogen-bond acceptors (Lipinski definition) is 13. The van der Waals surface area contributed by atoms with Crippen molar-refractivity contribution < 1.29 is 64.6 Å². The summed E-state index contributed by atoms with van der Waals surface area (Å²) in [5, 5.41) is 86.8. The van der Waals surface area contributed by atoms with Crippen LogP contribution in [0.3, 0.4) is 0 Å². The third-order valence-corrected chi connectivity index (χ3v) is 13.6. The van der Waals surface area contributed by atoms with Gasteiger partial charge >= 0.3 is 0 Å². The number of aliphatic hydroxyl groups is 8. The van der Waals surface area contributed by atoms with Crippen LogP contribution in [0.15, 0.2) is 85.1 Å². The number of ether oxygens (including phenoxy) is 4. The zero-order valence-electron chi connectivity index (χ0n) is 45.6. The molecule has 74 heavy (non-hydrogen) atoms. The molecule has 0 aromatic heterocycles. The van der Waals surface area contributed by atoms with Gasteiger partial charge in [0, 0.05) is 6.42 Å². The van der Waals surface area contributed by atoms with E-state index >= 15 is 0 Å². The Hall–Kier alpha value is -2.83. The molecule has 9 N–H and O–H groups in total. The summed E-state index contributed by atoms with van der Waals surface area (Å²) in [6.07, 6.45) is 43.8. The Morgan fingerprint density at radius 3 is 1.46 bits per heavy atom. The molecule has 2 aliphatic rings. The largest absolute Gasteiger partial charge is 0.394 e. The summed E-state index contributed by atoms with van der Waals surface area (Å²) in [5.41, 5.74) is 0. The monoisotopic (exact) mass is 1050 g/mol. The molecule has 1 amide bonds. The Bertz CT molecular complexity index is 1560. The molecule has 2 saturated heterocycles. The maximum atomic E-state index is 13.1. The minimum absolute atomic E-state index is 0.0373. The summed E-state index contributed by atoms with van der Waals surface area (Å²) >= 11 is 0. The van der Waals surface area contributed by atoms with E-state index in [0.717, 1.165) is 38.5 Å². The summed E-state index contributed by atoms with van der Waals surface area (Å²) in [6.45, 7) is 2.59. The van der Waals surface area contributed by atoms with Crippen LogP contribution >= 0.6 is 0 Å². The first-order valence-corrected chi connectivity index (χ1v) is 28.8. The van der Waals surface area contributed by atoms with Crippen molar-refractivity contribution in [2.75, 3.05) is 19.8 Å². The second-order valence-corrected chi connectivity index (χ2v) is 20.0. The fourth-order valence-electron chi connectivity index (χ4n) is 8.96. The molecule has 0 aromatic rings. The Morgan fingerprint density at radius 1 is 0.500 bits per heavy atom. The molecule has 12 atom stereocenters. The average Bonchev–Trinajstić information content (AvgIpc) is 3.40. The van der Waals surface area contributed by atoms with Crippen LogP contribution in [-0.4, -0.2) is 140 Å². The summed E-state index contributed by atoms with van der Waals surface area (Å²) in [4.78, 5) is 13.1. The molecule has 2 fully saturated rings. The van der Waals surface area contributed by atoms with Crippen molar-refractivity contribution in [3.05, 3.63) is 85.1 Å². The standard InChI is InChI=1S/C60H103NO13/c1-3-5-7-9-11-13-15-17-19-20-21-22-23-24-25-26-27-28-30-31-33-35-37-39-41-43-49(64)48(61-52(65)44-42-40-38-36-34-32-29-18-16-14-12-10-8-6-4-2)47-71-59-57(70)55(68)58(51(46-63)73-59)74-60-56(69)54(67)53(66)50(45-62)72-60/h6,8,12,14,18,29,33-36,40-43,48-51,53-60,62-64,66-70H,3-5,7,9-11,13,15-17,19-28,30-32,37-39,44-47H2,1-2H3,(H,61,65)/b8-6-,14-12-,29-18-,35-33+,36-34-,42-40-,43-41+. The predicted octanol–water partition coefficient (Wildman–Crippen LogP) is 9.33. The molecule has 0 aliphatic carbocycles. The first kappa shape index (κ1) is 67.3. The molecule has 14 nitrogen and oxygen atoms in total. The van der Waals surface area contributed by atoms with Gasteiger partial charge in [0.1, 0.15) is 48.8 Å². The van der Waals surface area contributed by atoms with Crippen molar-refractivity contribution in [1.82, 2.24) is 5.32 Å². The van der Waals surface area contributed by atoms with Crippen molar-refractivity contribution in [3.8, 4) is 0 Å². The minimum Gasteiger partial charge on any atom is -0.394 e. The highest BCUT2D eigenvalue weighted by Crippen LogP contribution is 2.30. The van der Waals surface area contributed by atoms with Gasteiger partial charge < -0.3 is 65.1 Å². The lowest BCUT2D eigenvalue weighted by molar-refractivity contribution is -0.359. The molecule has 0 bridgehead atoms. The summed E-state index contributed by atoms with van der Waals surface area (Å²) < 4.78 is 22.7. The SMILES string of the molecule is CC/C=C\C/C=C\C/C=C\C/C=C\C/C=C\CC(=O)NC(COC1OC(CO)C(OC2OC(CO)C(O)C(O)C2O)C(O)C1O)C(O)/C=C/CC/C=C/CCCCCCCCCCCCCCCCCCCCC. The second-order valence-electron chi connectivity index (χ2n) is 20.0. The zero-order valence-corrected chi connectivity index (χ0v) is 45.6. The molecule has 12 unspecified atom stereocenters. The molecule has 2 heterocycles. The number of carbonyl (C=O) groups excluding carboxylic acids is 1. The molecule has 0 radical (unpaired) electrons. The Kier molecular flexibility index (Phi) is 41.1. The number of nitrogens with one attached hydrogen (secondary N) is 1. The van der Waals surface area contributed by atoms with Crippen molar-refractivity contribution in [2.45, 2.75) is 267 Å². The number of allylic oxidation sites excluding steroid dienone is 12. The van der Waals surface area contributed by atoms with Gasteiger partial charge in [0.05, 0.1) is 32.0 Å². The second kappa shape index (κ2) is 45.2. The van der Waals surface area contributed by atoms with E-state index in [2.05, 4.69) is 73.8 Å². The quantitative estimate of drug-likeness (QED) is 0.0205. The number of aliphatic hydroxyl groups excluding tert-OH is 8. The van der Waals surface area contributed by atoms with Crippen LogP contribution in [0.2, 0.25) is 0 Å². The molecule has 0 spiro atoms. The third-order valence-electron chi connectivity index (χ3n) is 13.6. The van der Waals surface area contributed by atoms with Gasteiger partial charge in [0.2, 0.25) is 5.91 Å². The average molecular weight is 1050 g/mol. The van der Waals surface area contributed by atoms with Gasteiger partial charge in [-0.2, -0.15) is 0 Å². The van der Waals surface area contributed by atoms with Crippen LogP contribution in [0, 0.1) is 0 Å². The number of hydrogen-bond donors (Lipinski definition) is 9. The van der Waals surface area contributed by atoms with Crippen LogP contribution < -0.4 is 5.32 Å². The number of amides is 1. The van der Waals surface area contributed by atoms with E-state index in [1.54, 1.807) is 12.2 Å². The van der Waals surface area contributed by atoms with Crippen LogP contribution in [0.4, 0.5) is 0 Å². The first-order chi connectivity index (χ1) is 36.1. The summed E-state index contributed by atoms with van der Waals surface area (Å²) in [7, 11) is 0. The minimum atomic E-state index is -1.80. The van der Waals surface area contributed by atoms with E-state index in [9.17, 15) is 45.6 Å². The molecule has 2 aliphatic heterocycles. The molecule has 0 aromatic carbocycles. The molecular weight excluding hydrogens is 943 g/mol. The molecule has 14 heteroatoms. The Labute approximate surface area is 446 Å². The topological polar surface area (TPSA) is 228 Å². The lowest BCUT2D eigenvalue weighted by Crippen LogP contribution is -2.65. The highest BCUT2D eigenvalue weighted by Gasteiger charge is 2.51. The van der Waals surface area contributed by atoms with Gasteiger partial charge in [0.25, 0.3) is 0 Å². The Morgan fingerprint density at radius 2 is 0.946 bits per heavy atom. The fraction of sp³-hybridized carbons (Fsp3) is 0.750. The number of carbonyl (C=O) groups is 1. The zero-order chi connectivity index (χ0) is 53.9. The van der Waals surface area contributed by atoms with Crippen molar-refractivity contribution in [2.24, 2.45) is 0 Å². The normalized spacial score (nSPS) is 25.9. The van der Waals surface area contributed by atoms with Crippen LogP contribution in [0.25, 0.3) is 0 Å². The van der Waals surface area contributed by atoms with Crippen molar-refractivity contribution >= 4 is 5.91 Å². The van der Waals surface area contributed by atoms with E-state index in [1.165, 1.54) is 122 Å². The lowest BCUT2D eigenvalue weighted by atomic mass is 9.97. The first-order valence-electron chi connectivity index (χ1n) is 28.8.